The van der Waals surface area contributed by atoms with E-state index in [0.717, 1.165) is 11.3 Å². The van der Waals surface area contributed by atoms with Crippen LogP contribution in [0.4, 0.5) is 5.88 Å². The fourth-order valence-electron chi connectivity index (χ4n) is 2.22. The Bertz CT molecular complexity index is 940. The van der Waals surface area contributed by atoms with E-state index in [1.807, 2.05) is 36.4 Å². The molecule has 0 fully saturated rings. The Morgan fingerprint density at radius 2 is 2.12 bits per heavy atom. The van der Waals surface area contributed by atoms with E-state index in [1.165, 1.54) is 18.1 Å². The SMILES string of the molecule is Cc1oc(NC(=O)CSc2ncnn2-c2ccccc2)c(C#N)c1C. The molecule has 25 heavy (non-hydrogen) atoms. The third-order valence-electron chi connectivity index (χ3n) is 3.60. The molecule has 2 aromatic heterocycles. The first-order valence-corrected chi connectivity index (χ1v) is 8.47. The van der Waals surface area contributed by atoms with Crippen LogP contribution in [0.2, 0.25) is 0 Å². The van der Waals surface area contributed by atoms with Gasteiger partial charge in [0.25, 0.3) is 0 Å². The summed E-state index contributed by atoms with van der Waals surface area (Å²) in [6, 6.07) is 11.6. The zero-order valence-corrected chi connectivity index (χ0v) is 14.5. The molecule has 0 atom stereocenters. The maximum Gasteiger partial charge on any atom is 0.237 e. The normalized spacial score (nSPS) is 10.4. The summed E-state index contributed by atoms with van der Waals surface area (Å²) in [5.41, 5.74) is 1.95. The average molecular weight is 353 g/mol. The van der Waals surface area contributed by atoms with Crippen molar-refractivity contribution in [3.05, 3.63) is 53.5 Å². The molecule has 3 rings (SSSR count). The molecule has 0 saturated heterocycles. The van der Waals surface area contributed by atoms with Crippen LogP contribution in [0, 0.1) is 25.2 Å². The highest BCUT2D eigenvalue weighted by Crippen LogP contribution is 2.26. The van der Waals surface area contributed by atoms with Gasteiger partial charge in [-0.2, -0.15) is 10.4 Å². The number of nitrogens with one attached hydrogen (secondary N) is 1. The summed E-state index contributed by atoms with van der Waals surface area (Å²) in [4.78, 5) is 16.4. The molecule has 0 aliphatic carbocycles. The number of amides is 1. The first-order valence-electron chi connectivity index (χ1n) is 7.48. The first kappa shape index (κ1) is 16.8. The number of para-hydroxylation sites is 1. The molecule has 8 heteroatoms. The van der Waals surface area contributed by atoms with Crippen molar-refractivity contribution in [2.24, 2.45) is 0 Å². The van der Waals surface area contributed by atoms with Crippen molar-refractivity contribution in [2.45, 2.75) is 19.0 Å². The largest absolute Gasteiger partial charge is 0.444 e. The van der Waals surface area contributed by atoms with Gasteiger partial charge < -0.3 is 4.42 Å². The van der Waals surface area contributed by atoms with E-state index in [1.54, 1.807) is 18.5 Å². The van der Waals surface area contributed by atoms with Gasteiger partial charge in [-0.3, -0.25) is 10.1 Å². The van der Waals surface area contributed by atoms with Gasteiger partial charge in [0.15, 0.2) is 5.16 Å². The zero-order valence-electron chi connectivity index (χ0n) is 13.7. The number of carbonyl (C=O) groups is 1. The predicted octanol–water partition coefficient (Wildman–Crippen LogP) is 3.08. The average Bonchev–Trinajstić information content (AvgIpc) is 3.19. The number of thioether (sulfide) groups is 1. The Morgan fingerprint density at radius 1 is 1.36 bits per heavy atom. The Hall–Kier alpha value is -3.05. The molecule has 1 amide bonds. The number of aryl methyl sites for hydroxylation is 1. The van der Waals surface area contributed by atoms with Crippen LogP contribution in [0.1, 0.15) is 16.9 Å². The van der Waals surface area contributed by atoms with Crippen LogP contribution in [0.5, 0.6) is 0 Å². The molecule has 0 saturated carbocycles. The number of benzene rings is 1. The van der Waals surface area contributed by atoms with Crippen molar-refractivity contribution in [1.82, 2.24) is 14.8 Å². The second kappa shape index (κ2) is 7.23. The van der Waals surface area contributed by atoms with Crippen LogP contribution in [-0.4, -0.2) is 26.4 Å². The van der Waals surface area contributed by atoms with Gasteiger partial charge in [0, 0.05) is 5.56 Å². The van der Waals surface area contributed by atoms with E-state index >= 15 is 0 Å². The summed E-state index contributed by atoms with van der Waals surface area (Å²) in [5.74, 6) is 0.642. The molecule has 0 aliphatic rings. The molecular formula is C17H15N5O2S. The third-order valence-corrected chi connectivity index (χ3v) is 4.54. The van der Waals surface area contributed by atoms with Crippen LogP contribution >= 0.6 is 11.8 Å². The number of hydrogen-bond donors (Lipinski definition) is 1. The maximum atomic E-state index is 12.2. The molecule has 0 unspecified atom stereocenters. The van der Waals surface area contributed by atoms with E-state index < -0.39 is 0 Å². The lowest BCUT2D eigenvalue weighted by Crippen LogP contribution is -2.15. The lowest BCUT2D eigenvalue weighted by Gasteiger charge is -2.05. The molecule has 0 radical (unpaired) electrons. The number of nitrogens with zero attached hydrogens (tertiary/aromatic N) is 4. The summed E-state index contributed by atoms with van der Waals surface area (Å²) in [6.45, 7) is 3.53. The van der Waals surface area contributed by atoms with Gasteiger partial charge in [-0.1, -0.05) is 30.0 Å². The second-order valence-electron chi connectivity index (χ2n) is 5.23. The number of furan rings is 1. The van der Waals surface area contributed by atoms with E-state index in [2.05, 4.69) is 15.4 Å². The van der Waals surface area contributed by atoms with Gasteiger partial charge in [-0.05, 0) is 26.0 Å². The van der Waals surface area contributed by atoms with Crippen molar-refractivity contribution in [2.75, 3.05) is 11.1 Å². The number of hydrogen-bond acceptors (Lipinski definition) is 6. The van der Waals surface area contributed by atoms with Crippen LogP contribution < -0.4 is 5.32 Å². The minimum atomic E-state index is -0.280. The van der Waals surface area contributed by atoms with Crippen LogP contribution in [0.25, 0.3) is 5.69 Å². The Balaban J connectivity index is 1.68. The smallest absolute Gasteiger partial charge is 0.237 e. The van der Waals surface area contributed by atoms with E-state index in [-0.39, 0.29) is 17.5 Å². The first-order chi connectivity index (χ1) is 12.1. The molecule has 3 aromatic rings. The lowest BCUT2D eigenvalue weighted by molar-refractivity contribution is -0.113. The summed E-state index contributed by atoms with van der Waals surface area (Å²) >= 11 is 1.25. The number of anilines is 1. The van der Waals surface area contributed by atoms with Gasteiger partial charge in [0.05, 0.1) is 11.4 Å². The van der Waals surface area contributed by atoms with Crippen LogP contribution in [-0.2, 0) is 4.79 Å². The molecule has 1 N–H and O–H groups in total. The fourth-order valence-corrected chi connectivity index (χ4v) is 2.95. The van der Waals surface area contributed by atoms with Crippen LogP contribution in [0.3, 0.4) is 0 Å². The highest BCUT2D eigenvalue weighted by atomic mass is 32.2. The Morgan fingerprint density at radius 3 is 2.84 bits per heavy atom. The molecule has 0 bridgehead atoms. The quantitative estimate of drug-likeness (QED) is 0.708. The fraction of sp³-hybridized carbons (Fsp3) is 0.176. The molecule has 0 spiro atoms. The van der Waals surface area contributed by atoms with E-state index in [4.69, 9.17) is 4.42 Å². The standard InChI is InChI=1S/C17H15N5O2S/c1-11-12(2)24-16(14(11)8-18)21-15(23)9-25-17-19-10-20-22(17)13-6-4-3-5-7-13/h3-7,10H,9H2,1-2H3,(H,21,23). The minimum Gasteiger partial charge on any atom is -0.444 e. The zero-order chi connectivity index (χ0) is 17.8. The Labute approximate surface area is 148 Å². The van der Waals surface area contributed by atoms with Gasteiger partial charge in [-0.25, -0.2) is 9.67 Å². The van der Waals surface area contributed by atoms with E-state index in [0.29, 0.717) is 16.5 Å². The maximum absolute atomic E-state index is 12.2. The second-order valence-corrected chi connectivity index (χ2v) is 6.17. The number of carbonyl (C=O) groups excluding carboxylic acids is 1. The highest BCUT2D eigenvalue weighted by Gasteiger charge is 2.17. The van der Waals surface area contributed by atoms with Gasteiger partial charge >= 0.3 is 0 Å². The van der Waals surface area contributed by atoms with Crippen LogP contribution in [0.15, 0.2) is 46.2 Å². The van der Waals surface area contributed by atoms with Crippen molar-refractivity contribution in [1.29, 1.82) is 5.26 Å². The lowest BCUT2D eigenvalue weighted by atomic mass is 10.2. The molecular weight excluding hydrogens is 338 g/mol. The molecule has 0 aliphatic heterocycles. The summed E-state index contributed by atoms with van der Waals surface area (Å²) < 4.78 is 7.11. The predicted molar refractivity (Wildman–Crippen MR) is 93.6 cm³/mol. The minimum absolute atomic E-state index is 0.120. The van der Waals surface area contributed by atoms with Gasteiger partial charge in [0.1, 0.15) is 23.7 Å². The van der Waals surface area contributed by atoms with Crippen molar-refractivity contribution >= 4 is 23.6 Å². The number of aromatic nitrogens is 3. The number of nitriles is 1. The van der Waals surface area contributed by atoms with Gasteiger partial charge in [0.2, 0.25) is 11.8 Å². The summed E-state index contributed by atoms with van der Waals surface area (Å²) in [5, 5.41) is 16.6. The third kappa shape index (κ3) is 3.56. The number of rotatable bonds is 5. The van der Waals surface area contributed by atoms with E-state index in [9.17, 15) is 10.1 Å². The highest BCUT2D eigenvalue weighted by molar-refractivity contribution is 7.99. The summed E-state index contributed by atoms with van der Waals surface area (Å²) in [7, 11) is 0. The van der Waals surface area contributed by atoms with Gasteiger partial charge in [-0.15, -0.1) is 0 Å². The van der Waals surface area contributed by atoms with Crippen molar-refractivity contribution < 1.29 is 9.21 Å². The summed E-state index contributed by atoms with van der Waals surface area (Å²) in [6.07, 6.45) is 1.44. The molecule has 2 heterocycles. The van der Waals surface area contributed by atoms with Crippen molar-refractivity contribution in [3.8, 4) is 11.8 Å². The monoisotopic (exact) mass is 353 g/mol. The molecule has 126 valence electrons. The molecule has 7 nitrogen and oxygen atoms in total. The molecule has 1 aromatic carbocycles. The van der Waals surface area contributed by atoms with Crippen molar-refractivity contribution in [3.63, 3.8) is 0 Å². The Kier molecular flexibility index (Phi) is 4.86. The topological polar surface area (TPSA) is 96.7 Å².